The molecule has 0 fully saturated rings. The van der Waals surface area contributed by atoms with Gasteiger partial charge < -0.3 is 10.5 Å². The minimum Gasteiger partial charge on any atom is -0.465 e. The molecule has 2 rings (SSSR count). The predicted molar refractivity (Wildman–Crippen MR) is 61.2 cm³/mol. The fourth-order valence-corrected chi connectivity index (χ4v) is 1.38. The van der Waals surface area contributed by atoms with Crippen molar-refractivity contribution < 1.29 is 4.74 Å². The zero-order valence-electron chi connectivity index (χ0n) is 8.39. The number of ether oxygens (including phenoxy) is 1. The Labute approximate surface area is 89.4 Å². The van der Waals surface area contributed by atoms with E-state index in [0.717, 1.165) is 23.4 Å². The standard InChI is InChI=1S/C13H13NO/c14-12-6-4-5-11(9-12)10-15-13-7-2-1-3-8-13/h1-4,6-10H,5,14H2. The highest BCUT2D eigenvalue weighted by molar-refractivity contribution is 5.34. The van der Waals surface area contributed by atoms with Crippen LogP contribution in [-0.4, -0.2) is 0 Å². The maximum Gasteiger partial charge on any atom is 0.126 e. The first-order valence-corrected chi connectivity index (χ1v) is 4.89. The largest absolute Gasteiger partial charge is 0.465 e. The summed E-state index contributed by atoms with van der Waals surface area (Å²) >= 11 is 0. The predicted octanol–water partition coefficient (Wildman–Crippen LogP) is 2.75. The van der Waals surface area contributed by atoms with Crippen molar-refractivity contribution >= 4 is 0 Å². The molecule has 0 atom stereocenters. The third-order valence-electron chi connectivity index (χ3n) is 2.11. The van der Waals surface area contributed by atoms with E-state index in [1.165, 1.54) is 0 Å². The fraction of sp³-hybridized carbons (Fsp3) is 0.0769. The Morgan fingerprint density at radius 1 is 1.20 bits per heavy atom. The van der Waals surface area contributed by atoms with E-state index in [9.17, 15) is 0 Å². The van der Waals surface area contributed by atoms with Gasteiger partial charge in [-0.25, -0.2) is 0 Å². The Morgan fingerprint density at radius 3 is 2.73 bits per heavy atom. The third kappa shape index (κ3) is 2.74. The molecule has 2 heteroatoms. The molecule has 1 aromatic carbocycles. The Bertz CT molecular complexity index is 415. The molecular weight excluding hydrogens is 186 g/mol. The maximum atomic E-state index is 5.67. The van der Waals surface area contributed by atoms with Crippen LogP contribution < -0.4 is 10.5 Å². The van der Waals surface area contributed by atoms with Crippen molar-refractivity contribution in [2.75, 3.05) is 0 Å². The highest BCUT2D eigenvalue weighted by Crippen LogP contribution is 2.15. The van der Waals surface area contributed by atoms with Gasteiger partial charge in [0.2, 0.25) is 0 Å². The van der Waals surface area contributed by atoms with Gasteiger partial charge in [0.05, 0.1) is 6.26 Å². The Kier molecular flexibility index (Phi) is 2.88. The van der Waals surface area contributed by atoms with Gasteiger partial charge in [-0.1, -0.05) is 24.3 Å². The van der Waals surface area contributed by atoms with Crippen molar-refractivity contribution in [3.8, 4) is 5.75 Å². The summed E-state index contributed by atoms with van der Waals surface area (Å²) in [6, 6.07) is 9.68. The molecular formula is C13H13NO. The molecule has 15 heavy (non-hydrogen) atoms. The van der Waals surface area contributed by atoms with Gasteiger partial charge in [-0.15, -0.1) is 0 Å². The van der Waals surface area contributed by atoms with Crippen molar-refractivity contribution in [2.24, 2.45) is 5.73 Å². The molecule has 2 N–H and O–H groups in total. The topological polar surface area (TPSA) is 35.2 Å². The smallest absolute Gasteiger partial charge is 0.126 e. The van der Waals surface area contributed by atoms with E-state index in [2.05, 4.69) is 0 Å². The van der Waals surface area contributed by atoms with Crippen molar-refractivity contribution in [2.45, 2.75) is 6.42 Å². The van der Waals surface area contributed by atoms with Crippen LogP contribution in [0.3, 0.4) is 0 Å². The van der Waals surface area contributed by atoms with Crippen molar-refractivity contribution in [1.29, 1.82) is 0 Å². The van der Waals surface area contributed by atoms with Crippen molar-refractivity contribution in [3.63, 3.8) is 0 Å². The summed E-state index contributed by atoms with van der Waals surface area (Å²) in [7, 11) is 0. The quantitative estimate of drug-likeness (QED) is 0.743. The molecule has 1 aromatic rings. The van der Waals surface area contributed by atoms with Gasteiger partial charge in [0, 0.05) is 5.70 Å². The van der Waals surface area contributed by atoms with Crippen LogP contribution in [0, 0.1) is 0 Å². The van der Waals surface area contributed by atoms with Gasteiger partial charge in [0.25, 0.3) is 0 Å². The van der Waals surface area contributed by atoms with Crippen LogP contribution in [0.1, 0.15) is 6.42 Å². The van der Waals surface area contributed by atoms with Gasteiger partial charge in [-0.3, -0.25) is 0 Å². The molecule has 2 nitrogen and oxygen atoms in total. The second-order valence-corrected chi connectivity index (χ2v) is 3.37. The summed E-state index contributed by atoms with van der Waals surface area (Å²) in [6.07, 6.45) is 8.46. The third-order valence-corrected chi connectivity index (χ3v) is 2.11. The zero-order valence-corrected chi connectivity index (χ0v) is 8.39. The van der Waals surface area contributed by atoms with Crippen LogP contribution in [0.4, 0.5) is 0 Å². The number of rotatable bonds is 2. The maximum absolute atomic E-state index is 5.67. The number of nitrogens with two attached hydrogens (primary N) is 1. The number of para-hydroxylation sites is 1. The lowest BCUT2D eigenvalue weighted by molar-refractivity contribution is 0.476. The van der Waals surface area contributed by atoms with E-state index in [1.807, 2.05) is 48.6 Å². The number of hydrogen-bond acceptors (Lipinski definition) is 2. The second-order valence-electron chi connectivity index (χ2n) is 3.37. The summed E-state index contributed by atoms with van der Waals surface area (Å²) in [4.78, 5) is 0. The van der Waals surface area contributed by atoms with Gasteiger partial charge >= 0.3 is 0 Å². The SMILES string of the molecule is NC1=CC(=COc2ccccc2)CC=C1. The van der Waals surface area contributed by atoms with Crippen LogP contribution in [0.15, 0.2) is 66.1 Å². The van der Waals surface area contributed by atoms with E-state index < -0.39 is 0 Å². The van der Waals surface area contributed by atoms with E-state index in [4.69, 9.17) is 10.5 Å². The molecule has 1 aliphatic carbocycles. The molecule has 0 radical (unpaired) electrons. The summed E-state index contributed by atoms with van der Waals surface area (Å²) in [6.45, 7) is 0. The lowest BCUT2D eigenvalue weighted by atomic mass is 10.1. The molecule has 0 amide bonds. The molecule has 1 aliphatic rings. The first kappa shape index (κ1) is 9.59. The van der Waals surface area contributed by atoms with Crippen LogP contribution in [0.5, 0.6) is 5.75 Å². The first-order chi connectivity index (χ1) is 7.34. The lowest BCUT2D eigenvalue weighted by Crippen LogP contribution is -1.98. The van der Waals surface area contributed by atoms with E-state index in [0.29, 0.717) is 0 Å². The number of hydrogen-bond donors (Lipinski definition) is 1. The summed E-state index contributed by atoms with van der Waals surface area (Å²) < 4.78 is 5.50. The first-order valence-electron chi connectivity index (χ1n) is 4.89. The molecule has 0 aromatic heterocycles. The average Bonchev–Trinajstić information content (AvgIpc) is 2.28. The van der Waals surface area contributed by atoms with Gasteiger partial charge in [0.1, 0.15) is 5.75 Å². The Morgan fingerprint density at radius 2 is 2.00 bits per heavy atom. The van der Waals surface area contributed by atoms with E-state index >= 15 is 0 Å². The normalized spacial score (nSPS) is 17.6. The zero-order chi connectivity index (χ0) is 10.5. The summed E-state index contributed by atoms with van der Waals surface area (Å²) in [5, 5.41) is 0. The molecule has 0 unspecified atom stereocenters. The molecule has 0 bridgehead atoms. The Hall–Kier alpha value is -1.96. The van der Waals surface area contributed by atoms with E-state index in [1.54, 1.807) is 6.26 Å². The van der Waals surface area contributed by atoms with Crippen LogP contribution >= 0.6 is 0 Å². The highest BCUT2D eigenvalue weighted by Gasteiger charge is 1.98. The molecule has 76 valence electrons. The minimum absolute atomic E-state index is 0.768. The highest BCUT2D eigenvalue weighted by atomic mass is 16.5. The van der Waals surface area contributed by atoms with Crippen molar-refractivity contribution in [1.82, 2.24) is 0 Å². The van der Waals surface area contributed by atoms with Crippen LogP contribution in [-0.2, 0) is 0 Å². The van der Waals surface area contributed by atoms with Gasteiger partial charge in [-0.05, 0) is 36.3 Å². The monoisotopic (exact) mass is 199 g/mol. The molecule has 0 saturated carbocycles. The Balaban J connectivity index is 2.04. The van der Waals surface area contributed by atoms with Crippen molar-refractivity contribution in [3.05, 3.63) is 66.1 Å². The van der Waals surface area contributed by atoms with E-state index in [-0.39, 0.29) is 0 Å². The fourth-order valence-electron chi connectivity index (χ4n) is 1.38. The van der Waals surface area contributed by atoms with Gasteiger partial charge in [-0.2, -0.15) is 0 Å². The molecule has 0 heterocycles. The number of allylic oxidation sites excluding steroid dienone is 4. The summed E-state index contributed by atoms with van der Waals surface area (Å²) in [5.41, 5.74) is 7.52. The molecule has 0 aliphatic heterocycles. The second kappa shape index (κ2) is 4.51. The lowest BCUT2D eigenvalue weighted by Gasteiger charge is -2.06. The average molecular weight is 199 g/mol. The molecule has 0 spiro atoms. The molecule has 0 saturated heterocycles. The number of benzene rings is 1. The van der Waals surface area contributed by atoms with Crippen LogP contribution in [0.25, 0.3) is 0 Å². The minimum atomic E-state index is 0.768. The summed E-state index contributed by atoms with van der Waals surface area (Å²) in [5.74, 6) is 0.839. The van der Waals surface area contributed by atoms with Crippen LogP contribution in [0.2, 0.25) is 0 Å². The van der Waals surface area contributed by atoms with Gasteiger partial charge in [0.15, 0.2) is 0 Å².